The number of hydrogen-bond donors (Lipinski definition) is 0. The van der Waals surface area contributed by atoms with Gasteiger partial charge in [0.2, 0.25) is 0 Å². The van der Waals surface area contributed by atoms with Crippen LogP contribution in [0.3, 0.4) is 0 Å². The van der Waals surface area contributed by atoms with Crippen molar-refractivity contribution in [2.24, 2.45) is 0 Å². The fraction of sp³-hybridized carbons (Fsp3) is 0.200. The number of rotatable bonds is 8. The first-order chi connectivity index (χ1) is 20.5. The summed E-state index contributed by atoms with van der Waals surface area (Å²) in [5.74, 6) is -2.96. The molecule has 0 saturated heterocycles. The second kappa shape index (κ2) is 13.2. The largest absolute Gasteiger partial charge is 0.458 e. The quantitative estimate of drug-likeness (QED) is 0.226. The van der Waals surface area contributed by atoms with Gasteiger partial charge in [0.05, 0.1) is 22.3 Å². The molecule has 0 bridgehead atoms. The Labute approximate surface area is 239 Å². The van der Waals surface area contributed by atoms with Gasteiger partial charge in [-0.3, -0.25) is 19.9 Å². The molecule has 0 N–H and O–H groups in total. The number of esters is 4. The van der Waals surface area contributed by atoms with Crippen LogP contribution in [0, 0.1) is 0 Å². The Morgan fingerprint density at radius 1 is 0.500 bits per heavy atom. The van der Waals surface area contributed by atoms with E-state index in [-0.39, 0.29) is 35.1 Å². The molecular formula is C30H24N4O8. The molecule has 1 saturated carbocycles. The van der Waals surface area contributed by atoms with Crippen molar-refractivity contribution in [3.8, 4) is 0 Å². The van der Waals surface area contributed by atoms with Gasteiger partial charge in [0.1, 0.15) is 18.3 Å². The van der Waals surface area contributed by atoms with Gasteiger partial charge in [0, 0.05) is 62.4 Å². The summed E-state index contributed by atoms with van der Waals surface area (Å²) >= 11 is 0. The molecule has 0 spiro atoms. The molecule has 1 fully saturated rings. The van der Waals surface area contributed by atoms with Crippen molar-refractivity contribution < 1.29 is 38.1 Å². The molecular weight excluding hydrogens is 544 g/mol. The van der Waals surface area contributed by atoms with Gasteiger partial charge in [-0.15, -0.1) is 0 Å². The lowest BCUT2D eigenvalue weighted by Crippen LogP contribution is -2.53. The van der Waals surface area contributed by atoms with E-state index in [0.29, 0.717) is 0 Å². The maximum Gasteiger partial charge on any atom is 0.340 e. The molecule has 4 aromatic rings. The molecule has 1 aliphatic rings. The Hall–Kier alpha value is -5.52. The lowest BCUT2D eigenvalue weighted by Gasteiger charge is -2.39. The molecule has 0 aliphatic heterocycles. The maximum absolute atomic E-state index is 13.1. The second-order valence-electron chi connectivity index (χ2n) is 9.22. The van der Waals surface area contributed by atoms with E-state index in [1.807, 2.05) is 0 Å². The van der Waals surface area contributed by atoms with E-state index in [0.717, 1.165) is 0 Å². The number of carbonyl (C=O) groups excluding carboxylic acids is 4. The minimum atomic E-state index is -1.26. The topological polar surface area (TPSA) is 157 Å². The van der Waals surface area contributed by atoms with E-state index in [4.69, 9.17) is 18.9 Å². The van der Waals surface area contributed by atoms with Crippen LogP contribution in [0.5, 0.6) is 0 Å². The lowest BCUT2D eigenvalue weighted by atomic mass is 9.88. The van der Waals surface area contributed by atoms with Crippen LogP contribution in [0.15, 0.2) is 98.1 Å². The Morgan fingerprint density at radius 2 is 0.833 bits per heavy atom. The van der Waals surface area contributed by atoms with Gasteiger partial charge >= 0.3 is 23.9 Å². The van der Waals surface area contributed by atoms with Crippen molar-refractivity contribution in [3.63, 3.8) is 0 Å². The van der Waals surface area contributed by atoms with Gasteiger partial charge in [0.15, 0.2) is 6.10 Å². The summed E-state index contributed by atoms with van der Waals surface area (Å²) in [6, 6.07) is 12.3. The van der Waals surface area contributed by atoms with Gasteiger partial charge < -0.3 is 18.9 Å². The van der Waals surface area contributed by atoms with Crippen LogP contribution in [0.1, 0.15) is 54.3 Å². The highest BCUT2D eigenvalue weighted by Crippen LogP contribution is 2.31. The molecule has 2 unspecified atom stereocenters. The van der Waals surface area contributed by atoms with E-state index in [2.05, 4.69) is 19.9 Å². The van der Waals surface area contributed by atoms with E-state index in [1.54, 1.807) is 24.3 Å². The van der Waals surface area contributed by atoms with Gasteiger partial charge in [-0.05, 0) is 48.5 Å². The van der Waals surface area contributed by atoms with Crippen LogP contribution in [0.2, 0.25) is 0 Å². The highest BCUT2D eigenvalue weighted by Gasteiger charge is 2.46. The van der Waals surface area contributed by atoms with Crippen molar-refractivity contribution in [3.05, 3.63) is 120 Å². The van der Waals surface area contributed by atoms with Crippen molar-refractivity contribution in [2.45, 2.75) is 37.3 Å². The second-order valence-corrected chi connectivity index (χ2v) is 9.22. The molecule has 0 radical (unpaired) electrons. The number of carbonyl (C=O) groups is 4. The van der Waals surface area contributed by atoms with E-state index in [1.165, 1.54) is 73.8 Å². The molecule has 0 aromatic carbocycles. The van der Waals surface area contributed by atoms with Crippen LogP contribution in [-0.2, 0) is 18.9 Å². The predicted molar refractivity (Wildman–Crippen MR) is 143 cm³/mol. The molecule has 1 aliphatic carbocycles. The average molecular weight is 569 g/mol. The first-order valence-electron chi connectivity index (χ1n) is 12.9. The fourth-order valence-corrected chi connectivity index (χ4v) is 4.36. The molecule has 5 rings (SSSR count). The molecule has 212 valence electrons. The van der Waals surface area contributed by atoms with E-state index < -0.39 is 48.3 Å². The SMILES string of the molecule is O=C(OC1C[C@H](OC(=O)c2cccnc2)C(OC(=O)c2cccnc2)[C@H](OC(=O)c2cccnc2)C1)c1cccnc1. The third-order valence-corrected chi connectivity index (χ3v) is 6.35. The summed E-state index contributed by atoms with van der Waals surface area (Å²) in [4.78, 5) is 67.9. The number of pyridine rings is 4. The van der Waals surface area contributed by atoms with Crippen molar-refractivity contribution in [2.75, 3.05) is 0 Å². The minimum absolute atomic E-state index is 0.0517. The summed E-state index contributed by atoms with van der Waals surface area (Å²) in [6.07, 6.45) is 6.72. The summed E-state index contributed by atoms with van der Waals surface area (Å²) in [5, 5.41) is 0. The first kappa shape index (κ1) is 28.0. The zero-order valence-corrected chi connectivity index (χ0v) is 22.0. The number of nitrogens with zero attached hydrogens (tertiary/aromatic N) is 4. The van der Waals surface area contributed by atoms with E-state index in [9.17, 15) is 19.2 Å². The summed E-state index contributed by atoms with van der Waals surface area (Å²) in [7, 11) is 0. The molecule has 42 heavy (non-hydrogen) atoms. The normalized spacial score (nSPS) is 19.6. The smallest absolute Gasteiger partial charge is 0.340 e. The third kappa shape index (κ3) is 6.97. The van der Waals surface area contributed by atoms with Crippen LogP contribution < -0.4 is 0 Å². The lowest BCUT2D eigenvalue weighted by molar-refractivity contribution is -0.131. The van der Waals surface area contributed by atoms with Crippen LogP contribution >= 0.6 is 0 Å². The van der Waals surface area contributed by atoms with Crippen molar-refractivity contribution in [1.29, 1.82) is 0 Å². The van der Waals surface area contributed by atoms with Gasteiger partial charge in [-0.25, -0.2) is 19.2 Å². The zero-order valence-electron chi connectivity index (χ0n) is 22.0. The summed E-state index contributed by atoms with van der Waals surface area (Å²) in [6.45, 7) is 0. The molecule has 4 heterocycles. The molecule has 4 aromatic heterocycles. The van der Waals surface area contributed by atoms with Crippen LogP contribution in [-0.4, -0.2) is 68.2 Å². The average Bonchev–Trinajstić information content (AvgIpc) is 3.04. The van der Waals surface area contributed by atoms with Gasteiger partial charge in [-0.2, -0.15) is 0 Å². The third-order valence-electron chi connectivity index (χ3n) is 6.35. The molecule has 4 atom stereocenters. The molecule has 12 nitrogen and oxygen atoms in total. The monoisotopic (exact) mass is 568 g/mol. The van der Waals surface area contributed by atoms with Crippen molar-refractivity contribution >= 4 is 23.9 Å². The molecule has 12 heteroatoms. The highest BCUT2D eigenvalue weighted by atomic mass is 16.6. The first-order valence-corrected chi connectivity index (χ1v) is 12.9. The maximum atomic E-state index is 13.1. The van der Waals surface area contributed by atoms with Crippen molar-refractivity contribution in [1.82, 2.24) is 19.9 Å². The Morgan fingerprint density at radius 3 is 1.17 bits per heavy atom. The highest BCUT2D eigenvalue weighted by molar-refractivity contribution is 5.91. The number of aromatic nitrogens is 4. The fourth-order valence-electron chi connectivity index (χ4n) is 4.36. The Balaban J connectivity index is 1.45. The number of hydrogen-bond acceptors (Lipinski definition) is 12. The summed E-state index contributed by atoms with van der Waals surface area (Å²) < 4.78 is 23.1. The summed E-state index contributed by atoms with van der Waals surface area (Å²) in [5.41, 5.74) is 0.633. The van der Waals surface area contributed by atoms with Crippen LogP contribution in [0.4, 0.5) is 0 Å². The van der Waals surface area contributed by atoms with Crippen LogP contribution in [0.25, 0.3) is 0 Å². The molecule has 0 amide bonds. The number of ether oxygens (including phenoxy) is 4. The minimum Gasteiger partial charge on any atom is -0.458 e. The van der Waals surface area contributed by atoms with Gasteiger partial charge in [-0.1, -0.05) is 0 Å². The van der Waals surface area contributed by atoms with E-state index >= 15 is 0 Å². The predicted octanol–water partition coefficient (Wildman–Crippen LogP) is 3.26. The zero-order chi connectivity index (χ0) is 29.3. The Kier molecular flexibility index (Phi) is 8.82. The van der Waals surface area contributed by atoms with Gasteiger partial charge in [0.25, 0.3) is 0 Å². The Bertz CT molecular complexity index is 1460. The standard InChI is InChI=1S/C30H24N4O8/c35-27(19-5-1-9-31-15-19)39-23-13-24(40-28(36)20-6-2-10-32-16-20)26(42-30(38)22-8-4-12-34-18-22)25(14-23)41-29(37)21-7-3-11-33-17-21/h1-12,15-18,23-26H,13-14H2/t23?,24-,25+,26?.